The van der Waals surface area contributed by atoms with Crippen LogP contribution in [-0.4, -0.2) is 54.0 Å². The standard InChI is InChI=1S/C18H22ClN5O/c1-12-10-13(2)16(14(19)11-12)22-17(25)15-4-5-20-18(21-15)24-8-6-23(3)7-9-24/h4-5,10-11H,6-9H2,1-3H3,(H,22,25). The zero-order chi connectivity index (χ0) is 18.0. The number of nitrogens with one attached hydrogen (secondary N) is 1. The maximum absolute atomic E-state index is 12.6. The summed E-state index contributed by atoms with van der Waals surface area (Å²) in [6.07, 6.45) is 1.62. The summed E-state index contributed by atoms with van der Waals surface area (Å²) in [7, 11) is 2.09. The quantitative estimate of drug-likeness (QED) is 0.913. The first-order valence-electron chi connectivity index (χ1n) is 8.28. The van der Waals surface area contributed by atoms with Crippen molar-refractivity contribution in [1.82, 2.24) is 14.9 Å². The van der Waals surface area contributed by atoms with Gasteiger partial charge < -0.3 is 15.1 Å². The number of aryl methyl sites for hydroxylation is 2. The molecule has 1 aromatic carbocycles. The van der Waals surface area contributed by atoms with E-state index in [0.29, 0.717) is 22.4 Å². The predicted octanol–water partition coefficient (Wildman–Crippen LogP) is 2.75. The fourth-order valence-corrected chi connectivity index (χ4v) is 3.25. The Kier molecular flexibility index (Phi) is 5.20. The highest BCUT2D eigenvalue weighted by Crippen LogP contribution is 2.27. The molecule has 1 saturated heterocycles. The Labute approximate surface area is 152 Å². The Bertz CT molecular complexity index is 764. The summed E-state index contributed by atoms with van der Waals surface area (Å²) in [4.78, 5) is 25.7. The molecule has 1 aliphatic rings. The van der Waals surface area contributed by atoms with Gasteiger partial charge in [-0.2, -0.15) is 0 Å². The molecule has 1 aliphatic heterocycles. The number of anilines is 2. The highest BCUT2D eigenvalue weighted by atomic mass is 35.5. The van der Waals surface area contributed by atoms with Crippen LogP contribution in [0.2, 0.25) is 5.02 Å². The molecule has 132 valence electrons. The SMILES string of the molecule is Cc1cc(C)c(NC(=O)c2ccnc(N3CCN(C)CC3)n2)c(Cl)c1. The van der Waals surface area contributed by atoms with Gasteiger partial charge in [0, 0.05) is 32.4 Å². The van der Waals surface area contributed by atoms with Gasteiger partial charge in [-0.3, -0.25) is 4.79 Å². The summed E-state index contributed by atoms with van der Waals surface area (Å²) in [5, 5.41) is 3.40. The van der Waals surface area contributed by atoms with Gasteiger partial charge in [-0.05, 0) is 44.2 Å². The summed E-state index contributed by atoms with van der Waals surface area (Å²) in [5.41, 5.74) is 2.93. The van der Waals surface area contributed by atoms with Crippen molar-refractivity contribution in [3.8, 4) is 0 Å². The normalized spacial score (nSPS) is 15.3. The zero-order valence-electron chi connectivity index (χ0n) is 14.7. The van der Waals surface area contributed by atoms with Crippen LogP contribution in [0.1, 0.15) is 21.6 Å². The maximum atomic E-state index is 12.6. The van der Waals surface area contributed by atoms with E-state index in [1.165, 1.54) is 0 Å². The molecule has 0 saturated carbocycles. The Morgan fingerprint density at radius 3 is 2.60 bits per heavy atom. The van der Waals surface area contributed by atoms with E-state index in [1.54, 1.807) is 12.3 Å². The van der Waals surface area contributed by atoms with Crippen LogP contribution in [0.4, 0.5) is 11.6 Å². The van der Waals surface area contributed by atoms with Crippen LogP contribution in [0.25, 0.3) is 0 Å². The van der Waals surface area contributed by atoms with Gasteiger partial charge in [-0.15, -0.1) is 0 Å². The molecule has 0 bridgehead atoms. The highest BCUT2D eigenvalue weighted by Gasteiger charge is 2.19. The fourth-order valence-electron chi connectivity index (χ4n) is 2.89. The first-order valence-corrected chi connectivity index (χ1v) is 8.66. The lowest BCUT2D eigenvalue weighted by atomic mass is 10.1. The van der Waals surface area contributed by atoms with E-state index < -0.39 is 0 Å². The Morgan fingerprint density at radius 2 is 1.92 bits per heavy atom. The molecule has 0 unspecified atom stereocenters. The number of amides is 1. The summed E-state index contributed by atoms with van der Waals surface area (Å²) in [6, 6.07) is 5.43. The molecule has 2 aromatic rings. The van der Waals surface area contributed by atoms with Gasteiger partial charge in [-0.1, -0.05) is 17.7 Å². The molecule has 3 rings (SSSR count). The molecule has 1 aromatic heterocycles. The van der Waals surface area contributed by atoms with E-state index in [-0.39, 0.29) is 5.91 Å². The predicted molar refractivity (Wildman–Crippen MR) is 101 cm³/mol. The summed E-state index contributed by atoms with van der Waals surface area (Å²) in [5.74, 6) is 0.305. The number of halogens is 1. The van der Waals surface area contributed by atoms with Gasteiger partial charge in [0.15, 0.2) is 0 Å². The molecule has 1 amide bonds. The van der Waals surface area contributed by atoms with Crippen LogP contribution in [-0.2, 0) is 0 Å². The van der Waals surface area contributed by atoms with Crippen molar-refractivity contribution in [3.05, 3.63) is 46.2 Å². The van der Waals surface area contributed by atoms with Gasteiger partial charge in [0.2, 0.25) is 5.95 Å². The van der Waals surface area contributed by atoms with Crippen LogP contribution in [0, 0.1) is 13.8 Å². The molecule has 1 fully saturated rings. The minimum absolute atomic E-state index is 0.286. The van der Waals surface area contributed by atoms with E-state index in [9.17, 15) is 4.79 Å². The Hall–Kier alpha value is -2.18. The van der Waals surface area contributed by atoms with Crippen LogP contribution in [0.3, 0.4) is 0 Å². The fraction of sp³-hybridized carbons (Fsp3) is 0.389. The molecule has 25 heavy (non-hydrogen) atoms. The molecule has 7 heteroatoms. The lowest BCUT2D eigenvalue weighted by molar-refractivity contribution is 0.102. The molecule has 0 aliphatic carbocycles. The second-order valence-corrected chi connectivity index (χ2v) is 6.83. The van der Waals surface area contributed by atoms with E-state index >= 15 is 0 Å². The molecule has 6 nitrogen and oxygen atoms in total. The van der Waals surface area contributed by atoms with Crippen LogP contribution in [0.15, 0.2) is 24.4 Å². The smallest absolute Gasteiger partial charge is 0.274 e. The van der Waals surface area contributed by atoms with Crippen molar-refractivity contribution in [3.63, 3.8) is 0 Å². The number of nitrogens with zero attached hydrogens (tertiary/aromatic N) is 4. The maximum Gasteiger partial charge on any atom is 0.274 e. The molecule has 2 heterocycles. The van der Waals surface area contributed by atoms with Crippen molar-refractivity contribution < 1.29 is 4.79 Å². The van der Waals surface area contributed by atoms with Crippen molar-refractivity contribution in [2.45, 2.75) is 13.8 Å². The van der Waals surface area contributed by atoms with Gasteiger partial charge >= 0.3 is 0 Å². The van der Waals surface area contributed by atoms with E-state index in [0.717, 1.165) is 37.3 Å². The van der Waals surface area contributed by atoms with Crippen molar-refractivity contribution in [2.75, 3.05) is 43.4 Å². The average Bonchev–Trinajstić information content (AvgIpc) is 2.58. The molecular weight excluding hydrogens is 338 g/mol. The molecule has 0 spiro atoms. The van der Waals surface area contributed by atoms with Crippen molar-refractivity contribution in [2.24, 2.45) is 0 Å². The van der Waals surface area contributed by atoms with E-state index in [1.807, 2.05) is 26.0 Å². The van der Waals surface area contributed by atoms with Gasteiger partial charge in [0.05, 0.1) is 10.7 Å². The highest BCUT2D eigenvalue weighted by molar-refractivity contribution is 6.34. The summed E-state index contributed by atoms with van der Waals surface area (Å²) < 4.78 is 0. The van der Waals surface area contributed by atoms with E-state index in [2.05, 4.69) is 32.1 Å². The number of aromatic nitrogens is 2. The monoisotopic (exact) mass is 359 g/mol. The number of piperazine rings is 1. The number of carbonyl (C=O) groups excluding carboxylic acids is 1. The third kappa shape index (κ3) is 4.08. The second kappa shape index (κ2) is 7.37. The van der Waals surface area contributed by atoms with Crippen LogP contribution >= 0.6 is 11.6 Å². The van der Waals surface area contributed by atoms with E-state index in [4.69, 9.17) is 11.6 Å². The summed E-state index contributed by atoms with van der Waals surface area (Å²) in [6.45, 7) is 7.51. The molecule has 1 N–H and O–H groups in total. The van der Waals surface area contributed by atoms with Crippen LogP contribution in [0.5, 0.6) is 0 Å². The minimum atomic E-state index is -0.286. The third-order valence-corrected chi connectivity index (χ3v) is 4.63. The first-order chi connectivity index (χ1) is 11.9. The number of hydrogen-bond acceptors (Lipinski definition) is 5. The van der Waals surface area contributed by atoms with Crippen LogP contribution < -0.4 is 10.2 Å². The Balaban J connectivity index is 1.78. The van der Waals surface area contributed by atoms with Gasteiger partial charge in [-0.25, -0.2) is 9.97 Å². The third-order valence-electron chi connectivity index (χ3n) is 4.33. The molecule has 0 radical (unpaired) electrons. The van der Waals surface area contributed by atoms with Crippen molar-refractivity contribution in [1.29, 1.82) is 0 Å². The number of hydrogen-bond donors (Lipinski definition) is 1. The van der Waals surface area contributed by atoms with Gasteiger partial charge in [0.25, 0.3) is 5.91 Å². The minimum Gasteiger partial charge on any atom is -0.338 e. The number of carbonyl (C=O) groups is 1. The lowest BCUT2D eigenvalue weighted by Crippen LogP contribution is -2.45. The van der Waals surface area contributed by atoms with Gasteiger partial charge in [0.1, 0.15) is 5.69 Å². The largest absolute Gasteiger partial charge is 0.338 e. The number of benzene rings is 1. The second-order valence-electron chi connectivity index (χ2n) is 6.42. The molecular formula is C18H22ClN5O. The number of likely N-dealkylation sites (N-methyl/N-ethyl adjacent to an activating group) is 1. The lowest BCUT2D eigenvalue weighted by Gasteiger charge is -2.32. The molecule has 0 atom stereocenters. The zero-order valence-corrected chi connectivity index (χ0v) is 15.5. The summed E-state index contributed by atoms with van der Waals surface area (Å²) >= 11 is 6.27. The Morgan fingerprint density at radius 1 is 1.20 bits per heavy atom. The first kappa shape index (κ1) is 17.6. The van der Waals surface area contributed by atoms with Crippen molar-refractivity contribution >= 4 is 29.1 Å². The average molecular weight is 360 g/mol. The number of rotatable bonds is 3. The topological polar surface area (TPSA) is 61.4 Å².